The molecule has 1 heterocycles. The molecule has 0 fully saturated rings. The average Bonchev–Trinajstić information content (AvgIpc) is 3.08. The van der Waals surface area contributed by atoms with Crippen molar-refractivity contribution in [1.82, 2.24) is 9.78 Å². The Kier molecular flexibility index (Phi) is 5.38. The van der Waals surface area contributed by atoms with Crippen molar-refractivity contribution in [3.63, 3.8) is 0 Å². The number of amides is 1. The number of carbonyl (C=O) groups excluding carboxylic acids is 1. The zero-order chi connectivity index (χ0) is 18.6. The highest BCUT2D eigenvalue weighted by Gasteiger charge is 2.17. The van der Waals surface area contributed by atoms with Crippen LogP contribution >= 0.6 is 22.6 Å². The van der Waals surface area contributed by atoms with Crippen molar-refractivity contribution in [2.45, 2.75) is 19.4 Å². The normalized spacial score (nSPS) is 11.1. The van der Waals surface area contributed by atoms with Crippen molar-refractivity contribution in [3.8, 4) is 0 Å². The van der Waals surface area contributed by atoms with Crippen molar-refractivity contribution in [3.05, 3.63) is 72.4 Å². The summed E-state index contributed by atoms with van der Waals surface area (Å²) in [6, 6.07) is 21.9. The van der Waals surface area contributed by atoms with E-state index in [0.717, 1.165) is 51.2 Å². The minimum atomic E-state index is -0.171. The Balaban J connectivity index is 1.68. The molecule has 0 saturated heterocycles. The maximum Gasteiger partial charge on any atom is 0.276 e. The average molecular weight is 469 g/mol. The summed E-state index contributed by atoms with van der Waals surface area (Å²) in [5.41, 5.74) is 2.30. The summed E-state index contributed by atoms with van der Waals surface area (Å²) in [5, 5.41) is 10.7. The topological polar surface area (TPSA) is 46.9 Å². The number of hydrogen-bond donors (Lipinski definition) is 1. The van der Waals surface area contributed by atoms with Crippen LogP contribution in [0.1, 0.15) is 23.3 Å². The summed E-state index contributed by atoms with van der Waals surface area (Å²) < 4.78 is 3.09. The lowest BCUT2D eigenvalue weighted by Gasteiger charge is -2.07. The van der Waals surface area contributed by atoms with Gasteiger partial charge in [-0.1, -0.05) is 77.2 Å². The van der Waals surface area contributed by atoms with Gasteiger partial charge in [0.05, 0.1) is 5.52 Å². The molecule has 5 heteroatoms. The van der Waals surface area contributed by atoms with E-state index in [4.69, 9.17) is 0 Å². The molecule has 0 saturated carbocycles. The maximum absolute atomic E-state index is 13.0. The number of aryl methyl sites for hydroxylation is 1. The van der Waals surface area contributed by atoms with Crippen LogP contribution in [0.5, 0.6) is 0 Å². The first-order valence-corrected chi connectivity index (χ1v) is 10.6. The molecule has 0 atom stereocenters. The number of alkyl halides is 1. The number of anilines is 1. The Morgan fingerprint density at radius 3 is 2.52 bits per heavy atom. The zero-order valence-corrected chi connectivity index (χ0v) is 17.0. The second-order valence-corrected chi connectivity index (χ2v) is 7.54. The van der Waals surface area contributed by atoms with E-state index in [1.165, 1.54) is 0 Å². The number of rotatable bonds is 6. The van der Waals surface area contributed by atoms with E-state index >= 15 is 0 Å². The van der Waals surface area contributed by atoms with Crippen LogP contribution in [0.3, 0.4) is 0 Å². The van der Waals surface area contributed by atoms with Crippen molar-refractivity contribution in [2.75, 3.05) is 9.74 Å². The first-order chi connectivity index (χ1) is 13.3. The number of unbranched alkanes of at least 4 members (excludes halogenated alkanes) is 1. The summed E-state index contributed by atoms with van der Waals surface area (Å²) in [6.45, 7) is 0.824. The third kappa shape index (κ3) is 3.69. The van der Waals surface area contributed by atoms with Gasteiger partial charge in [-0.15, -0.1) is 0 Å². The molecule has 4 rings (SSSR count). The van der Waals surface area contributed by atoms with E-state index < -0.39 is 0 Å². The molecule has 1 aromatic heterocycles. The van der Waals surface area contributed by atoms with Crippen LogP contribution in [0.2, 0.25) is 0 Å². The van der Waals surface area contributed by atoms with Gasteiger partial charge in [0.1, 0.15) is 0 Å². The molecule has 0 aliphatic heterocycles. The Morgan fingerprint density at radius 1 is 0.926 bits per heavy atom. The number of para-hydroxylation sites is 1. The molecular formula is C22H20IN3O. The SMILES string of the molecule is O=C(Nc1cccc2ccccc12)c1nn(CCCCI)c2ccccc12. The number of hydrogen-bond acceptors (Lipinski definition) is 2. The van der Waals surface area contributed by atoms with E-state index in [-0.39, 0.29) is 5.91 Å². The van der Waals surface area contributed by atoms with Gasteiger partial charge in [-0.2, -0.15) is 5.10 Å². The molecule has 0 bridgehead atoms. The molecule has 4 nitrogen and oxygen atoms in total. The monoisotopic (exact) mass is 469 g/mol. The standard InChI is InChI=1S/C22H20IN3O/c23-14-5-6-15-26-20-13-4-3-11-18(20)21(25-26)22(27)24-19-12-7-9-16-8-1-2-10-17(16)19/h1-4,7-13H,5-6,14-15H2,(H,24,27). The number of nitrogens with zero attached hydrogens (tertiary/aromatic N) is 2. The van der Waals surface area contributed by atoms with Crippen LogP contribution in [0, 0.1) is 0 Å². The predicted molar refractivity (Wildman–Crippen MR) is 120 cm³/mol. The molecular weight excluding hydrogens is 449 g/mol. The predicted octanol–water partition coefficient (Wildman–Crippen LogP) is 5.66. The third-order valence-corrected chi connectivity index (χ3v) is 5.43. The van der Waals surface area contributed by atoms with Crippen LogP contribution in [-0.2, 0) is 6.54 Å². The van der Waals surface area contributed by atoms with Crippen LogP contribution in [0.4, 0.5) is 5.69 Å². The minimum Gasteiger partial charge on any atom is -0.320 e. The molecule has 0 radical (unpaired) electrons. The van der Waals surface area contributed by atoms with Gasteiger partial charge in [0.15, 0.2) is 5.69 Å². The second kappa shape index (κ2) is 8.08. The van der Waals surface area contributed by atoms with Crippen LogP contribution < -0.4 is 5.32 Å². The van der Waals surface area contributed by atoms with Crippen LogP contribution in [0.25, 0.3) is 21.7 Å². The summed E-state index contributed by atoms with van der Waals surface area (Å²) in [5.74, 6) is -0.171. The highest BCUT2D eigenvalue weighted by Crippen LogP contribution is 2.25. The minimum absolute atomic E-state index is 0.171. The molecule has 0 aliphatic carbocycles. The number of benzene rings is 3. The Hall–Kier alpha value is -2.41. The van der Waals surface area contributed by atoms with Crippen LogP contribution in [0.15, 0.2) is 66.7 Å². The van der Waals surface area contributed by atoms with E-state index in [2.05, 4.69) is 33.0 Å². The molecule has 1 N–H and O–H groups in total. The van der Waals surface area contributed by atoms with E-state index in [1.54, 1.807) is 0 Å². The van der Waals surface area contributed by atoms with E-state index in [0.29, 0.717) is 5.69 Å². The van der Waals surface area contributed by atoms with Gasteiger partial charge in [-0.3, -0.25) is 9.48 Å². The highest BCUT2D eigenvalue weighted by molar-refractivity contribution is 14.1. The molecule has 4 aromatic rings. The van der Waals surface area contributed by atoms with Crippen molar-refractivity contribution < 1.29 is 4.79 Å². The zero-order valence-electron chi connectivity index (χ0n) is 14.9. The second-order valence-electron chi connectivity index (χ2n) is 6.47. The highest BCUT2D eigenvalue weighted by atomic mass is 127. The Bertz CT molecular complexity index is 1100. The maximum atomic E-state index is 13.0. The summed E-state index contributed by atoms with van der Waals surface area (Å²) in [7, 11) is 0. The van der Waals surface area contributed by atoms with Gasteiger partial charge in [-0.25, -0.2) is 0 Å². The largest absolute Gasteiger partial charge is 0.320 e. The lowest BCUT2D eigenvalue weighted by Crippen LogP contribution is -2.14. The fourth-order valence-corrected chi connectivity index (χ4v) is 3.88. The fourth-order valence-electron chi connectivity index (χ4n) is 3.34. The number of fused-ring (bicyclic) bond motifs is 2. The molecule has 0 unspecified atom stereocenters. The number of carbonyl (C=O) groups is 1. The number of aromatic nitrogens is 2. The molecule has 3 aromatic carbocycles. The van der Waals surface area contributed by atoms with E-state index in [1.807, 2.05) is 71.4 Å². The lowest BCUT2D eigenvalue weighted by molar-refractivity contribution is 0.102. The summed E-state index contributed by atoms with van der Waals surface area (Å²) >= 11 is 2.39. The Morgan fingerprint density at radius 2 is 1.67 bits per heavy atom. The van der Waals surface area contributed by atoms with Gasteiger partial charge >= 0.3 is 0 Å². The van der Waals surface area contributed by atoms with Gasteiger partial charge in [-0.05, 0) is 34.8 Å². The van der Waals surface area contributed by atoms with Crippen molar-refractivity contribution in [2.24, 2.45) is 0 Å². The quantitative estimate of drug-likeness (QED) is 0.225. The van der Waals surface area contributed by atoms with Crippen LogP contribution in [-0.4, -0.2) is 20.1 Å². The molecule has 1 amide bonds. The fraction of sp³-hybridized carbons (Fsp3) is 0.182. The molecule has 0 aliphatic rings. The first-order valence-electron chi connectivity index (χ1n) is 9.08. The molecule has 27 heavy (non-hydrogen) atoms. The smallest absolute Gasteiger partial charge is 0.276 e. The summed E-state index contributed by atoms with van der Waals surface area (Å²) in [6.07, 6.45) is 2.20. The summed E-state index contributed by atoms with van der Waals surface area (Å²) in [4.78, 5) is 13.0. The lowest BCUT2D eigenvalue weighted by atomic mass is 10.1. The number of nitrogens with one attached hydrogen (secondary N) is 1. The van der Waals surface area contributed by atoms with Crippen molar-refractivity contribution >= 4 is 55.9 Å². The van der Waals surface area contributed by atoms with Gasteiger partial charge in [0, 0.05) is 23.0 Å². The first kappa shape index (κ1) is 18.0. The number of halogens is 1. The third-order valence-electron chi connectivity index (χ3n) is 4.66. The van der Waals surface area contributed by atoms with Gasteiger partial charge < -0.3 is 5.32 Å². The molecule has 136 valence electrons. The molecule has 0 spiro atoms. The van der Waals surface area contributed by atoms with Crippen molar-refractivity contribution in [1.29, 1.82) is 0 Å². The van der Waals surface area contributed by atoms with Gasteiger partial charge in [0.25, 0.3) is 5.91 Å². The Labute approximate surface area is 171 Å². The van der Waals surface area contributed by atoms with Gasteiger partial charge in [0.2, 0.25) is 0 Å². The van der Waals surface area contributed by atoms with E-state index in [9.17, 15) is 4.79 Å².